The number of aromatic amines is 2. The molecular weight excluding hydrogens is 260 g/mol. The van der Waals surface area contributed by atoms with Crippen molar-refractivity contribution in [3.63, 3.8) is 0 Å². The predicted molar refractivity (Wildman–Crippen MR) is 70.0 cm³/mol. The smallest absolute Gasteiger partial charge is 0.340 e. The normalized spacial score (nSPS) is 19.2. The number of likely N-dealkylation sites (tertiary alicyclic amines) is 1. The summed E-state index contributed by atoms with van der Waals surface area (Å²) >= 11 is 0. The number of carbonyl (C=O) groups is 1. The minimum Gasteiger partial charge on any atom is -0.340 e. The number of piperidine rings is 1. The summed E-state index contributed by atoms with van der Waals surface area (Å²) in [5, 5.41) is 10.4. The Morgan fingerprint density at radius 3 is 3.10 bits per heavy atom. The summed E-state index contributed by atoms with van der Waals surface area (Å²) in [7, 11) is 0. The van der Waals surface area contributed by atoms with Gasteiger partial charge in [-0.3, -0.25) is 14.5 Å². The van der Waals surface area contributed by atoms with E-state index in [0.717, 1.165) is 19.4 Å². The van der Waals surface area contributed by atoms with Crippen LogP contribution in [-0.4, -0.2) is 48.9 Å². The van der Waals surface area contributed by atoms with E-state index in [1.165, 1.54) is 0 Å². The van der Waals surface area contributed by atoms with Gasteiger partial charge in [-0.05, 0) is 18.9 Å². The Kier molecular flexibility index (Phi) is 3.36. The lowest BCUT2D eigenvalue weighted by Gasteiger charge is -2.31. The molecule has 2 aromatic rings. The molecule has 1 fully saturated rings. The van der Waals surface area contributed by atoms with Crippen molar-refractivity contribution in [3.8, 4) is 0 Å². The molecule has 0 radical (unpaired) electrons. The second-order valence-electron chi connectivity index (χ2n) is 4.95. The van der Waals surface area contributed by atoms with Crippen molar-refractivity contribution in [3.05, 3.63) is 34.8 Å². The Labute approximate surface area is 114 Å². The third-order valence-electron chi connectivity index (χ3n) is 3.54. The van der Waals surface area contributed by atoms with Crippen molar-refractivity contribution < 1.29 is 4.79 Å². The van der Waals surface area contributed by atoms with E-state index in [1.54, 1.807) is 23.1 Å². The molecule has 2 N–H and O–H groups in total. The van der Waals surface area contributed by atoms with Crippen LogP contribution in [0.2, 0.25) is 0 Å². The highest BCUT2D eigenvalue weighted by atomic mass is 16.2. The molecule has 8 heteroatoms. The number of amides is 1. The Balaban J connectivity index is 1.65. The van der Waals surface area contributed by atoms with Crippen LogP contribution < -0.4 is 5.69 Å². The average molecular weight is 276 g/mol. The monoisotopic (exact) mass is 276 g/mol. The zero-order chi connectivity index (χ0) is 13.9. The molecule has 0 bridgehead atoms. The SMILES string of the molecule is O=C(Cn1cccn1)N1CCCC(c2n[nH]c(=O)[nH]2)C1. The highest BCUT2D eigenvalue weighted by Crippen LogP contribution is 2.23. The van der Waals surface area contributed by atoms with Gasteiger partial charge in [0, 0.05) is 31.4 Å². The third kappa shape index (κ3) is 2.63. The van der Waals surface area contributed by atoms with E-state index >= 15 is 0 Å². The zero-order valence-corrected chi connectivity index (χ0v) is 11.0. The van der Waals surface area contributed by atoms with Gasteiger partial charge in [0.25, 0.3) is 0 Å². The number of aromatic nitrogens is 5. The lowest BCUT2D eigenvalue weighted by molar-refractivity contribution is -0.133. The fraction of sp³-hybridized carbons (Fsp3) is 0.500. The first-order valence-electron chi connectivity index (χ1n) is 6.62. The standard InChI is InChI=1S/C12H16N6O2/c19-10(8-18-6-2-4-13-18)17-5-1-3-9(7-17)11-14-12(20)16-15-11/h2,4,6,9H,1,3,5,7-8H2,(H2,14,15,16,20). The van der Waals surface area contributed by atoms with Gasteiger partial charge >= 0.3 is 5.69 Å². The first-order chi connectivity index (χ1) is 9.72. The molecule has 3 heterocycles. The number of H-pyrrole nitrogens is 2. The maximum Gasteiger partial charge on any atom is 0.340 e. The Bertz CT molecular complexity index is 628. The molecule has 0 aliphatic carbocycles. The summed E-state index contributed by atoms with van der Waals surface area (Å²) in [6, 6.07) is 1.79. The Hall–Kier alpha value is -2.38. The fourth-order valence-electron chi connectivity index (χ4n) is 2.54. The average Bonchev–Trinajstić information content (AvgIpc) is 3.10. The molecule has 1 atom stereocenters. The molecule has 8 nitrogen and oxygen atoms in total. The second-order valence-corrected chi connectivity index (χ2v) is 4.95. The summed E-state index contributed by atoms with van der Waals surface area (Å²) < 4.78 is 1.61. The van der Waals surface area contributed by atoms with E-state index in [2.05, 4.69) is 20.3 Å². The fourth-order valence-corrected chi connectivity index (χ4v) is 2.54. The summed E-state index contributed by atoms with van der Waals surface area (Å²) in [6.45, 7) is 1.57. The molecule has 0 saturated carbocycles. The molecule has 1 aliphatic rings. The van der Waals surface area contributed by atoms with Crippen molar-refractivity contribution in [2.24, 2.45) is 0 Å². The van der Waals surface area contributed by atoms with Crippen LogP contribution in [0.15, 0.2) is 23.3 Å². The molecule has 1 amide bonds. The van der Waals surface area contributed by atoms with Crippen molar-refractivity contribution in [2.45, 2.75) is 25.3 Å². The van der Waals surface area contributed by atoms with E-state index in [0.29, 0.717) is 12.4 Å². The first-order valence-corrected chi connectivity index (χ1v) is 6.62. The van der Waals surface area contributed by atoms with E-state index in [1.807, 2.05) is 4.90 Å². The van der Waals surface area contributed by atoms with Gasteiger partial charge in [0.1, 0.15) is 12.4 Å². The summed E-state index contributed by atoms with van der Waals surface area (Å²) in [5.74, 6) is 0.757. The number of nitrogens with zero attached hydrogens (tertiary/aromatic N) is 4. The molecule has 20 heavy (non-hydrogen) atoms. The van der Waals surface area contributed by atoms with Crippen LogP contribution in [0.3, 0.4) is 0 Å². The summed E-state index contributed by atoms with van der Waals surface area (Å²) in [5.41, 5.74) is -0.306. The van der Waals surface area contributed by atoms with Gasteiger partial charge < -0.3 is 4.90 Å². The molecule has 3 rings (SSSR count). The lowest BCUT2D eigenvalue weighted by atomic mass is 9.97. The molecule has 0 spiro atoms. The van der Waals surface area contributed by atoms with E-state index in [-0.39, 0.29) is 24.1 Å². The summed E-state index contributed by atoms with van der Waals surface area (Å²) in [4.78, 5) is 27.8. The molecule has 1 unspecified atom stereocenters. The highest BCUT2D eigenvalue weighted by Gasteiger charge is 2.26. The lowest BCUT2D eigenvalue weighted by Crippen LogP contribution is -2.41. The van der Waals surface area contributed by atoms with E-state index < -0.39 is 0 Å². The Morgan fingerprint density at radius 2 is 2.40 bits per heavy atom. The van der Waals surface area contributed by atoms with Crippen molar-refractivity contribution in [2.75, 3.05) is 13.1 Å². The van der Waals surface area contributed by atoms with Crippen LogP contribution in [0.25, 0.3) is 0 Å². The van der Waals surface area contributed by atoms with Crippen LogP contribution in [0, 0.1) is 0 Å². The van der Waals surface area contributed by atoms with Crippen LogP contribution >= 0.6 is 0 Å². The number of hydrogen-bond acceptors (Lipinski definition) is 4. The quantitative estimate of drug-likeness (QED) is 0.804. The molecular formula is C12H16N6O2. The molecule has 106 valence electrons. The van der Waals surface area contributed by atoms with E-state index in [9.17, 15) is 9.59 Å². The van der Waals surface area contributed by atoms with Gasteiger partial charge in [-0.25, -0.2) is 9.89 Å². The topological polar surface area (TPSA) is 99.7 Å². The van der Waals surface area contributed by atoms with Crippen LogP contribution in [0.4, 0.5) is 0 Å². The summed E-state index contributed by atoms with van der Waals surface area (Å²) in [6.07, 6.45) is 5.25. The minimum absolute atomic E-state index is 0.0382. The van der Waals surface area contributed by atoms with Gasteiger partial charge in [-0.1, -0.05) is 0 Å². The second kappa shape index (κ2) is 5.32. The van der Waals surface area contributed by atoms with Gasteiger partial charge in [0.05, 0.1) is 0 Å². The highest BCUT2D eigenvalue weighted by molar-refractivity contribution is 5.76. The van der Waals surface area contributed by atoms with Crippen LogP contribution in [0.5, 0.6) is 0 Å². The maximum absolute atomic E-state index is 12.2. The molecule has 1 aliphatic heterocycles. The third-order valence-corrected chi connectivity index (χ3v) is 3.54. The number of rotatable bonds is 3. The van der Waals surface area contributed by atoms with E-state index in [4.69, 9.17) is 0 Å². The van der Waals surface area contributed by atoms with Crippen LogP contribution in [0.1, 0.15) is 24.6 Å². The number of nitrogens with one attached hydrogen (secondary N) is 2. The number of hydrogen-bond donors (Lipinski definition) is 2. The predicted octanol–water partition coefficient (Wildman–Crippen LogP) is -0.299. The largest absolute Gasteiger partial charge is 0.340 e. The van der Waals surface area contributed by atoms with Gasteiger partial charge in [-0.15, -0.1) is 0 Å². The zero-order valence-electron chi connectivity index (χ0n) is 11.0. The van der Waals surface area contributed by atoms with Crippen molar-refractivity contribution in [1.29, 1.82) is 0 Å². The van der Waals surface area contributed by atoms with Gasteiger partial charge in [-0.2, -0.15) is 10.2 Å². The van der Waals surface area contributed by atoms with Crippen molar-refractivity contribution in [1.82, 2.24) is 29.9 Å². The maximum atomic E-state index is 12.2. The first kappa shape index (κ1) is 12.6. The molecule has 0 aromatic carbocycles. The number of carbonyl (C=O) groups excluding carboxylic acids is 1. The minimum atomic E-state index is -0.306. The van der Waals surface area contributed by atoms with Crippen molar-refractivity contribution >= 4 is 5.91 Å². The molecule has 2 aromatic heterocycles. The van der Waals surface area contributed by atoms with Gasteiger partial charge in [0.15, 0.2) is 0 Å². The Morgan fingerprint density at radius 1 is 1.50 bits per heavy atom. The molecule has 1 saturated heterocycles. The van der Waals surface area contributed by atoms with Gasteiger partial charge in [0.2, 0.25) is 5.91 Å². The van der Waals surface area contributed by atoms with Crippen LogP contribution in [-0.2, 0) is 11.3 Å².